The van der Waals surface area contributed by atoms with Crippen molar-refractivity contribution < 1.29 is 26.9 Å². The summed E-state index contributed by atoms with van der Waals surface area (Å²) in [5.74, 6) is 0.125. The summed E-state index contributed by atoms with van der Waals surface area (Å²) in [6.07, 6.45) is 0.973. The molecule has 0 bridgehead atoms. The first-order valence-corrected chi connectivity index (χ1v) is 7.48. The van der Waals surface area contributed by atoms with Crippen LogP contribution in [0.3, 0.4) is 0 Å². The van der Waals surface area contributed by atoms with Crippen LogP contribution in [0.25, 0.3) is 0 Å². The van der Waals surface area contributed by atoms with Gasteiger partial charge in [-0.15, -0.1) is 0 Å². The summed E-state index contributed by atoms with van der Waals surface area (Å²) < 4.78 is 36.0. The van der Waals surface area contributed by atoms with E-state index in [0.29, 0.717) is 17.9 Å². The largest absolute Gasteiger partial charge is 0.491 e. The standard InChI is InChI=1S/C12H16O6S/c1-3-16-12(13)10-4-6-11(7-5-10)17-8-9-18-19(2,14)15/h4-7H,3,8-9H2,1-2H3. The summed E-state index contributed by atoms with van der Waals surface area (Å²) in [6.45, 7) is 2.10. The van der Waals surface area contributed by atoms with Gasteiger partial charge in [-0.25, -0.2) is 4.79 Å². The molecule has 7 heteroatoms. The summed E-state index contributed by atoms with van der Waals surface area (Å²) in [6, 6.07) is 6.36. The Morgan fingerprint density at radius 3 is 2.32 bits per heavy atom. The molecular weight excluding hydrogens is 272 g/mol. The molecule has 0 aliphatic heterocycles. The molecule has 1 aromatic rings. The van der Waals surface area contributed by atoms with E-state index in [4.69, 9.17) is 9.47 Å². The Balaban J connectivity index is 2.42. The van der Waals surface area contributed by atoms with Crippen molar-refractivity contribution in [3.63, 3.8) is 0 Å². The van der Waals surface area contributed by atoms with Gasteiger partial charge in [-0.3, -0.25) is 4.18 Å². The number of rotatable bonds is 7. The highest BCUT2D eigenvalue weighted by atomic mass is 32.2. The minimum atomic E-state index is -3.44. The minimum absolute atomic E-state index is 0.0571. The zero-order valence-corrected chi connectivity index (χ0v) is 11.6. The number of carbonyl (C=O) groups is 1. The molecule has 1 rings (SSSR count). The van der Waals surface area contributed by atoms with Gasteiger partial charge in [-0.05, 0) is 31.2 Å². The molecule has 0 N–H and O–H groups in total. The Bertz CT molecular complexity index is 506. The second-order valence-electron chi connectivity index (χ2n) is 3.62. The molecule has 0 fully saturated rings. The molecule has 0 heterocycles. The van der Waals surface area contributed by atoms with Gasteiger partial charge >= 0.3 is 5.97 Å². The molecule has 106 valence electrons. The molecule has 0 aliphatic rings. The monoisotopic (exact) mass is 288 g/mol. The smallest absolute Gasteiger partial charge is 0.338 e. The van der Waals surface area contributed by atoms with Crippen molar-refractivity contribution in [2.75, 3.05) is 26.1 Å². The van der Waals surface area contributed by atoms with Gasteiger partial charge < -0.3 is 9.47 Å². The van der Waals surface area contributed by atoms with E-state index in [0.717, 1.165) is 6.26 Å². The van der Waals surface area contributed by atoms with Crippen molar-refractivity contribution in [2.24, 2.45) is 0 Å². The highest BCUT2D eigenvalue weighted by molar-refractivity contribution is 7.85. The highest BCUT2D eigenvalue weighted by Gasteiger charge is 2.06. The number of esters is 1. The average Bonchev–Trinajstić information content (AvgIpc) is 2.34. The van der Waals surface area contributed by atoms with E-state index >= 15 is 0 Å². The first-order valence-electron chi connectivity index (χ1n) is 5.67. The van der Waals surface area contributed by atoms with Gasteiger partial charge in [0.2, 0.25) is 0 Å². The van der Waals surface area contributed by atoms with Gasteiger partial charge in [0, 0.05) is 0 Å². The quantitative estimate of drug-likeness (QED) is 0.426. The first-order chi connectivity index (χ1) is 8.92. The normalized spacial score (nSPS) is 11.1. The number of hydrogen-bond donors (Lipinski definition) is 0. The van der Waals surface area contributed by atoms with Gasteiger partial charge in [0.25, 0.3) is 10.1 Å². The molecule has 0 amide bonds. The minimum Gasteiger partial charge on any atom is -0.491 e. The maximum absolute atomic E-state index is 11.4. The number of benzene rings is 1. The number of ether oxygens (including phenoxy) is 2. The third kappa shape index (κ3) is 6.21. The van der Waals surface area contributed by atoms with Crippen molar-refractivity contribution in [1.29, 1.82) is 0 Å². The SMILES string of the molecule is CCOC(=O)c1ccc(OCCOS(C)(=O)=O)cc1. The van der Waals surface area contributed by atoms with E-state index in [1.165, 1.54) is 0 Å². The maximum atomic E-state index is 11.4. The van der Waals surface area contributed by atoms with Crippen molar-refractivity contribution in [1.82, 2.24) is 0 Å². The van der Waals surface area contributed by atoms with Crippen molar-refractivity contribution in [3.8, 4) is 5.75 Å². The predicted molar refractivity (Wildman–Crippen MR) is 68.7 cm³/mol. The van der Waals surface area contributed by atoms with E-state index in [1.54, 1.807) is 31.2 Å². The highest BCUT2D eigenvalue weighted by Crippen LogP contribution is 2.12. The van der Waals surface area contributed by atoms with Crippen LogP contribution in [0.4, 0.5) is 0 Å². The lowest BCUT2D eigenvalue weighted by Gasteiger charge is -2.07. The van der Waals surface area contributed by atoms with E-state index in [-0.39, 0.29) is 13.2 Å². The lowest BCUT2D eigenvalue weighted by Crippen LogP contribution is -2.11. The van der Waals surface area contributed by atoms with Crippen LogP contribution in [0.1, 0.15) is 17.3 Å². The zero-order chi connectivity index (χ0) is 14.3. The van der Waals surface area contributed by atoms with Gasteiger partial charge in [0.15, 0.2) is 0 Å². The second-order valence-corrected chi connectivity index (χ2v) is 5.26. The predicted octanol–water partition coefficient (Wildman–Crippen LogP) is 1.22. The Hall–Kier alpha value is -1.60. The van der Waals surface area contributed by atoms with Crippen LogP contribution in [-0.2, 0) is 19.0 Å². The fourth-order valence-electron chi connectivity index (χ4n) is 1.25. The van der Waals surface area contributed by atoms with E-state index in [2.05, 4.69) is 4.18 Å². The van der Waals surface area contributed by atoms with Crippen LogP contribution >= 0.6 is 0 Å². The summed E-state index contributed by atoms with van der Waals surface area (Å²) >= 11 is 0. The Morgan fingerprint density at radius 2 is 1.79 bits per heavy atom. The maximum Gasteiger partial charge on any atom is 0.338 e. The molecule has 1 aromatic carbocycles. The topological polar surface area (TPSA) is 78.9 Å². The van der Waals surface area contributed by atoms with Gasteiger partial charge in [0.1, 0.15) is 19.0 Å². The Kier molecular flexibility index (Phi) is 5.78. The van der Waals surface area contributed by atoms with Crippen LogP contribution in [0, 0.1) is 0 Å². The Morgan fingerprint density at radius 1 is 1.16 bits per heavy atom. The summed E-state index contributed by atoms with van der Waals surface area (Å²) in [5.41, 5.74) is 0.432. The average molecular weight is 288 g/mol. The zero-order valence-electron chi connectivity index (χ0n) is 10.8. The second kappa shape index (κ2) is 7.10. The lowest BCUT2D eigenvalue weighted by molar-refractivity contribution is 0.0526. The molecule has 0 saturated heterocycles. The van der Waals surface area contributed by atoms with Crippen LogP contribution in [0.5, 0.6) is 5.75 Å². The Labute approximate surface area is 112 Å². The fourth-order valence-corrected chi connectivity index (χ4v) is 1.62. The van der Waals surface area contributed by atoms with Crippen molar-refractivity contribution >= 4 is 16.1 Å². The van der Waals surface area contributed by atoms with Crippen molar-refractivity contribution in [3.05, 3.63) is 29.8 Å². The van der Waals surface area contributed by atoms with E-state index < -0.39 is 16.1 Å². The molecule has 0 atom stereocenters. The molecule has 0 aromatic heterocycles. The van der Waals surface area contributed by atoms with Crippen molar-refractivity contribution in [2.45, 2.75) is 6.92 Å². The molecule has 0 unspecified atom stereocenters. The molecule has 19 heavy (non-hydrogen) atoms. The fraction of sp³-hybridized carbons (Fsp3) is 0.417. The summed E-state index contributed by atoms with van der Waals surface area (Å²) in [5, 5.41) is 0. The molecule has 0 saturated carbocycles. The van der Waals surface area contributed by atoms with Gasteiger partial charge in [0.05, 0.1) is 18.4 Å². The summed E-state index contributed by atoms with van der Waals surface area (Å²) in [7, 11) is -3.44. The lowest BCUT2D eigenvalue weighted by atomic mass is 10.2. The first kappa shape index (κ1) is 15.5. The van der Waals surface area contributed by atoms with Gasteiger partial charge in [-0.1, -0.05) is 0 Å². The van der Waals surface area contributed by atoms with Crippen LogP contribution in [0.2, 0.25) is 0 Å². The van der Waals surface area contributed by atoms with Crippen LogP contribution < -0.4 is 4.74 Å². The molecule has 0 spiro atoms. The van der Waals surface area contributed by atoms with E-state index in [9.17, 15) is 13.2 Å². The third-order valence-electron chi connectivity index (χ3n) is 2.01. The van der Waals surface area contributed by atoms with Crippen LogP contribution in [-0.4, -0.2) is 40.5 Å². The molecule has 0 aliphatic carbocycles. The molecule has 0 radical (unpaired) electrons. The van der Waals surface area contributed by atoms with Gasteiger partial charge in [-0.2, -0.15) is 8.42 Å². The number of carbonyl (C=O) groups excluding carboxylic acids is 1. The molecular formula is C12H16O6S. The molecule has 6 nitrogen and oxygen atoms in total. The third-order valence-corrected chi connectivity index (χ3v) is 2.61. The summed E-state index contributed by atoms with van der Waals surface area (Å²) in [4.78, 5) is 11.4. The number of hydrogen-bond acceptors (Lipinski definition) is 6. The van der Waals surface area contributed by atoms with Crippen LogP contribution in [0.15, 0.2) is 24.3 Å². The van der Waals surface area contributed by atoms with E-state index in [1.807, 2.05) is 0 Å².